The van der Waals surface area contributed by atoms with Gasteiger partial charge in [-0.3, -0.25) is 9.59 Å². The Kier molecular flexibility index (Phi) is 8.13. The van der Waals surface area contributed by atoms with E-state index in [2.05, 4.69) is 27.4 Å². The number of aliphatic hydroxyl groups excluding tert-OH is 1. The first-order chi connectivity index (χ1) is 19.8. The molecule has 3 fully saturated rings. The molecule has 3 aliphatic carbocycles. The SMILES string of the molecule is C=C[C@@]1(C)C[C@@H](OC(=O)COc2ccc3c(c2)B(O)OC3CC(=O)OC)[C@]2(C)[C@@H]3C(=O)CC[C@@]3(CC[C@@H]2C)[C@@H](C)[C@@H]1O. The van der Waals surface area contributed by atoms with Gasteiger partial charge < -0.3 is 29.0 Å². The van der Waals surface area contributed by atoms with Gasteiger partial charge in [-0.25, -0.2) is 4.79 Å². The van der Waals surface area contributed by atoms with Crippen molar-refractivity contribution in [1.29, 1.82) is 0 Å². The topological polar surface area (TPSA) is 129 Å². The number of esters is 2. The zero-order valence-corrected chi connectivity index (χ0v) is 25.3. The van der Waals surface area contributed by atoms with Gasteiger partial charge in [0.05, 0.1) is 25.7 Å². The van der Waals surface area contributed by atoms with E-state index < -0.39 is 48.2 Å². The van der Waals surface area contributed by atoms with Gasteiger partial charge in [0, 0.05) is 23.2 Å². The molecule has 3 saturated carbocycles. The number of carbonyl (C=O) groups is 3. The van der Waals surface area contributed by atoms with Crippen LogP contribution >= 0.6 is 0 Å². The molecule has 4 aliphatic rings. The zero-order valence-electron chi connectivity index (χ0n) is 25.3. The molecule has 0 spiro atoms. The zero-order chi connectivity index (χ0) is 30.6. The molecule has 2 N–H and O–H groups in total. The van der Waals surface area contributed by atoms with Gasteiger partial charge in [0.15, 0.2) is 6.61 Å². The van der Waals surface area contributed by atoms with Crippen LogP contribution in [-0.2, 0) is 28.5 Å². The summed E-state index contributed by atoms with van der Waals surface area (Å²) >= 11 is 0. The fourth-order valence-corrected chi connectivity index (χ4v) is 8.68. The van der Waals surface area contributed by atoms with Crippen molar-refractivity contribution in [2.75, 3.05) is 13.7 Å². The van der Waals surface area contributed by atoms with E-state index in [1.54, 1.807) is 24.3 Å². The molecule has 1 aromatic rings. The van der Waals surface area contributed by atoms with E-state index in [0.717, 1.165) is 19.3 Å². The van der Waals surface area contributed by atoms with E-state index in [1.807, 2.05) is 6.92 Å². The Hall–Kier alpha value is -2.69. The summed E-state index contributed by atoms with van der Waals surface area (Å²) in [4.78, 5) is 38.6. The van der Waals surface area contributed by atoms with Crippen molar-refractivity contribution < 1.29 is 43.4 Å². The van der Waals surface area contributed by atoms with Crippen molar-refractivity contribution in [2.24, 2.45) is 34.0 Å². The van der Waals surface area contributed by atoms with Crippen LogP contribution in [0.1, 0.15) is 77.9 Å². The molecule has 1 heterocycles. The van der Waals surface area contributed by atoms with Crippen LogP contribution in [0.25, 0.3) is 0 Å². The third kappa shape index (κ3) is 4.79. The lowest BCUT2D eigenvalue weighted by Gasteiger charge is -2.61. The van der Waals surface area contributed by atoms with Crippen LogP contribution in [0.15, 0.2) is 30.9 Å². The molecule has 0 radical (unpaired) electrons. The maximum absolute atomic E-state index is 13.6. The molecule has 1 unspecified atom stereocenters. The lowest BCUT2D eigenvalue weighted by molar-refractivity contribution is -0.207. The van der Waals surface area contributed by atoms with Crippen LogP contribution in [0.3, 0.4) is 0 Å². The summed E-state index contributed by atoms with van der Waals surface area (Å²) < 4.78 is 22.2. The smallest absolute Gasteiger partial charge is 0.482 e. The minimum Gasteiger partial charge on any atom is -0.482 e. The number of hydrogen-bond donors (Lipinski definition) is 2. The number of ketones is 1. The predicted octanol–water partition coefficient (Wildman–Crippen LogP) is 3.29. The molecular formula is C32H43BO9. The predicted molar refractivity (Wildman–Crippen MR) is 155 cm³/mol. The molecule has 5 rings (SSSR count). The Morgan fingerprint density at radius 3 is 2.64 bits per heavy atom. The number of rotatable bonds is 7. The largest absolute Gasteiger partial charge is 0.492 e. The van der Waals surface area contributed by atoms with E-state index in [0.29, 0.717) is 29.6 Å². The number of aliphatic hydroxyl groups is 1. The highest BCUT2D eigenvalue weighted by Crippen LogP contribution is 2.68. The van der Waals surface area contributed by atoms with Gasteiger partial charge in [-0.1, -0.05) is 39.8 Å². The van der Waals surface area contributed by atoms with E-state index in [9.17, 15) is 24.5 Å². The highest BCUT2D eigenvalue weighted by molar-refractivity contribution is 6.61. The van der Waals surface area contributed by atoms with Crippen molar-refractivity contribution in [3.05, 3.63) is 36.4 Å². The van der Waals surface area contributed by atoms with Crippen molar-refractivity contribution in [1.82, 2.24) is 0 Å². The highest BCUT2D eigenvalue weighted by Gasteiger charge is 2.68. The van der Waals surface area contributed by atoms with Gasteiger partial charge in [-0.2, -0.15) is 0 Å². The van der Waals surface area contributed by atoms with E-state index in [1.165, 1.54) is 7.11 Å². The number of ether oxygens (including phenoxy) is 3. The van der Waals surface area contributed by atoms with E-state index in [-0.39, 0.29) is 42.0 Å². The Morgan fingerprint density at radius 2 is 1.95 bits per heavy atom. The molecule has 0 aromatic heterocycles. The molecule has 0 amide bonds. The van der Waals surface area contributed by atoms with Gasteiger partial charge in [0.1, 0.15) is 17.6 Å². The number of methoxy groups -OCH3 is 1. The standard InChI is InChI=1S/C32H43BO9/c1-7-30(4)16-25(31(5)18(2)10-12-32(19(3)29(30)37)13-11-23(34)28(31)32)41-27(36)17-40-20-8-9-21-22(14-20)33(38)42-24(21)15-26(35)39-6/h7-9,14,18-19,24-25,28-29,37-38H,1,10-13,15-17H2,2-6H3/t18-,19-,24?,25+,28-,29-,30-,31+,32-/m0/s1. The first-order valence-corrected chi connectivity index (χ1v) is 15.0. The molecule has 10 heteroatoms. The molecular weight excluding hydrogens is 539 g/mol. The first kappa shape index (κ1) is 30.8. The summed E-state index contributed by atoms with van der Waals surface area (Å²) in [5, 5.41) is 22.0. The van der Waals surface area contributed by atoms with Gasteiger partial charge in [-0.05, 0) is 66.1 Å². The molecule has 1 aliphatic heterocycles. The second-order valence-electron chi connectivity index (χ2n) is 13.4. The van der Waals surface area contributed by atoms with Crippen molar-refractivity contribution >= 4 is 30.3 Å². The minimum atomic E-state index is -1.23. The fourth-order valence-electron chi connectivity index (χ4n) is 8.68. The van der Waals surface area contributed by atoms with Gasteiger partial charge in [0.25, 0.3) is 0 Å². The third-order valence-electron chi connectivity index (χ3n) is 11.5. The molecule has 0 saturated heterocycles. The minimum absolute atomic E-state index is 0.0342. The van der Waals surface area contributed by atoms with Crippen molar-refractivity contribution in [3.8, 4) is 5.75 Å². The van der Waals surface area contributed by atoms with E-state index in [4.69, 9.17) is 18.9 Å². The summed E-state index contributed by atoms with van der Waals surface area (Å²) in [6.07, 6.45) is 3.06. The molecule has 228 valence electrons. The maximum Gasteiger partial charge on any atom is 0.492 e. The third-order valence-corrected chi connectivity index (χ3v) is 11.5. The van der Waals surface area contributed by atoms with E-state index >= 15 is 0 Å². The van der Waals surface area contributed by atoms with Crippen molar-refractivity contribution in [2.45, 2.75) is 84.5 Å². The second kappa shape index (κ2) is 11.1. The number of carbonyl (C=O) groups excluding carboxylic acids is 3. The summed E-state index contributed by atoms with van der Waals surface area (Å²) in [6.45, 7) is 11.9. The average molecular weight is 582 g/mol. The number of benzene rings is 1. The monoisotopic (exact) mass is 582 g/mol. The lowest BCUT2D eigenvalue weighted by atomic mass is 9.44. The molecule has 9 atom stereocenters. The first-order valence-electron chi connectivity index (χ1n) is 15.0. The molecule has 9 nitrogen and oxygen atoms in total. The Bertz CT molecular complexity index is 1270. The number of hydrogen-bond acceptors (Lipinski definition) is 9. The number of Topliss-reactive ketones (excluding diaryl/α,β-unsaturated/α-hetero) is 1. The van der Waals surface area contributed by atoms with Crippen LogP contribution in [0.5, 0.6) is 5.75 Å². The molecule has 42 heavy (non-hydrogen) atoms. The normalized spacial score (nSPS) is 39.0. The maximum atomic E-state index is 13.6. The summed E-state index contributed by atoms with van der Waals surface area (Å²) in [5.41, 5.74) is -0.562. The quantitative estimate of drug-likeness (QED) is 0.283. The summed E-state index contributed by atoms with van der Waals surface area (Å²) in [5.74, 6) is -0.768. The highest BCUT2D eigenvalue weighted by atomic mass is 16.6. The van der Waals surface area contributed by atoms with Gasteiger partial charge >= 0.3 is 19.1 Å². The summed E-state index contributed by atoms with van der Waals surface area (Å²) in [7, 11) is 0.0569. The summed E-state index contributed by atoms with van der Waals surface area (Å²) in [6, 6.07) is 4.93. The number of fused-ring (bicyclic) bond motifs is 1. The van der Waals surface area contributed by atoms with Crippen LogP contribution in [-0.4, -0.2) is 60.9 Å². The Labute approximate surface area is 248 Å². The van der Waals surface area contributed by atoms with Crippen LogP contribution < -0.4 is 10.2 Å². The lowest BCUT2D eigenvalue weighted by Crippen LogP contribution is -2.63. The Balaban J connectivity index is 1.37. The molecule has 2 bridgehead atoms. The molecule has 1 aromatic carbocycles. The fraction of sp³-hybridized carbons (Fsp3) is 0.656. The van der Waals surface area contributed by atoms with Gasteiger partial charge in [0.2, 0.25) is 0 Å². The van der Waals surface area contributed by atoms with Crippen molar-refractivity contribution in [3.63, 3.8) is 0 Å². The van der Waals surface area contributed by atoms with Crippen LogP contribution in [0.2, 0.25) is 0 Å². The Morgan fingerprint density at radius 1 is 1.21 bits per heavy atom. The second-order valence-corrected chi connectivity index (χ2v) is 13.4. The van der Waals surface area contributed by atoms with Crippen LogP contribution in [0, 0.1) is 34.0 Å². The van der Waals surface area contributed by atoms with Crippen LogP contribution in [0.4, 0.5) is 0 Å². The average Bonchev–Trinajstić information content (AvgIpc) is 3.48. The van der Waals surface area contributed by atoms with Gasteiger partial charge in [-0.15, -0.1) is 6.58 Å².